The zero-order chi connectivity index (χ0) is 22.2. The van der Waals surface area contributed by atoms with Gasteiger partial charge in [0.25, 0.3) is 0 Å². The van der Waals surface area contributed by atoms with Gasteiger partial charge in [0.1, 0.15) is 5.82 Å². The maximum atomic E-state index is 13.5. The highest BCUT2D eigenvalue weighted by molar-refractivity contribution is 5.89. The molecule has 1 atom stereocenters. The molecule has 0 N–H and O–H groups in total. The number of ether oxygens (including phenoxy) is 1. The van der Waals surface area contributed by atoms with Crippen molar-refractivity contribution in [1.29, 1.82) is 0 Å². The monoisotopic (exact) mass is 430 g/mol. The predicted molar refractivity (Wildman–Crippen MR) is 126 cm³/mol. The van der Waals surface area contributed by atoms with Crippen LogP contribution in [0.1, 0.15) is 26.8 Å². The van der Waals surface area contributed by atoms with Crippen LogP contribution in [0.4, 0.5) is 10.1 Å². The van der Waals surface area contributed by atoms with Crippen molar-refractivity contribution in [3.8, 4) is 22.5 Å². The molecule has 164 valence electrons. The Morgan fingerprint density at radius 1 is 1.03 bits per heavy atom. The third kappa shape index (κ3) is 3.86. The molecular formula is C26H27FN4O. The first-order chi connectivity index (χ1) is 15.5. The summed E-state index contributed by atoms with van der Waals surface area (Å²) in [5.74, 6) is -0.250. The molecule has 0 unspecified atom stereocenters. The van der Waals surface area contributed by atoms with Gasteiger partial charge in [-0.3, -0.25) is 4.98 Å². The lowest BCUT2D eigenvalue weighted by molar-refractivity contribution is 0.0532. The predicted octanol–water partition coefficient (Wildman–Crippen LogP) is 5.71. The largest absolute Gasteiger partial charge is 0.375 e. The van der Waals surface area contributed by atoms with E-state index in [1.54, 1.807) is 12.1 Å². The lowest BCUT2D eigenvalue weighted by Gasteiger charge is -2.32. The fourth-order valence-corrected chi connectivity index (χ4v) is 4.35. The number of rotatable bonds is 4. The molecule has 5 nitrogen and oxygen atoms in total. The highest BCUT2D eigenvalue weighted by Gasteiger charge is 2.19. The Morgan fingerprint density at radius 3 is 2.56 bits per heavy atom. The molecule has 2 aromatic carbocycles. The number of hydrogen-bond donors (Lipinski definition) is 0. The van der Waals surface area contributed by atoms with Gasteiger partial charge in [-0.2, -0.15) is 0 Å². The third-order valence-corrected chi connectivity index (χ3v) is 6.01. The molecule has 2 aromatic heterocycles. The summed E-state index contributed by atoms with van der Waals surface area (Å²) in [7, 11) is 0. The van der Waals surface area contributed by atoms with Gasteiger partial charge in [0.15, 0.2) is 0 Å². The van der Waals surface area contributed by atoms with Crippen LogP contribution < -0.4 is 4.90 Å². The molecule has 5 rings (SSSR count). The van der Waals surface area contributed by atoms with Gasteiger partial charge in [0, 0.05) is 35.6 Å². The Kier molecular flexibility index (Phi) is 5.39. The molecule has 1 saturated heterocycles. The molecular weight excluding hydrogens is 403 g/mol. The zero-order valence-electron chi connectivity index (χ0n) is 18.6. The second-order valence-corrected chi connectivity index (χ2v) is 8.68. The number of halogens is 1. The fourth-order valence-electron chi connectivity index (χ4n) is 4.35. The molecule has 4 aromatic rings. The minimum Gasteiger partial charge on any atom is -0.375 e. The number of anilines is 1. The normalized spacial score (nSPS) is 16.8. The van der Waals surface area contributed by atoms with Crippen LogP contribution in [0.5, 0.6) is 0 Å². The van der Waals surface area contributed by atoms with Gasteiger partial charge in [0.05, 0.1) is 47.8 Å². The molecule has 0 saturated carbocycles. The van der Waals surface area contributed by atoms with E-state index in [9.17, 15) is 4.39 Å². The summed E-state index contributed by atoms with van der Waals surface area (Å²) >= 11 is 0. The van der Waals surface area contributed by atoms with Gasteiger partial charge < -0.3 is 14.2 Å². The molecule has 1 fully saturated rings. The Balaban J connectivity index is 1.61. The van der Waals surface area contributed by atoms with Gasteiger partial charge in [-0.1, -0.05) is 6.07 Å². The Hall–Kier alpha value is -3.25. The number of fused-ring (bicyclic) bond motifs is 1. The van der Waals surface area contributed by atoms with Gasteiger partial charge in [-0.25, -0.2) is 9.37 Å². The number of hydrogen-bond acceptors (Lipinski definition) is 4. The summed E-state index contributed by atoms with van der Waals surface area (Å²) in [5, 5.41) is 1.08. The van der Waals surface area contributed by atoms with Gasteiger partial charge in [-0.15, -0.1) is 0 Å². The average molecular weight is 431 g/mol. The van der Waals surface area contributed by atoms with Crippen LogP contribution in [0.15, 0.2) is 61.1 Å². The molecule has 6 heteroatoms. The number of pyridine rings is 1. The van der Waals surface area contributed by atoms with E-state index >= 15 is 0 Å². The SMILES string of the molecule is CC(C)n1cnc(-c2ccc(F)cc2)c1-c1ccc2ncc(N3CCO[C@@H](C)C3)cc2c1. The van der Waals surface area contributed by atoms with E-state index in [2.05, 4.69) is 54.5 Å². The first-order valence-electron chi connectivity index (χ1n) is 11.1. The Labute approximate surface area is 187 Å². The smallest absolute Gasteiger partial charge is 0.123 e. The van der Waals surface area contributed by atoms with E-state index in [-0.39, 0.29) is 18.0 Å². The molecule has 1 aliphatic heterocycles. The van der Waals surface area contributed by atoms with E-state index in [0.29, 0.717) is 0 Å². The topological polar surface area (TPSA) is 43.2 Å². The Morgan fingerprint density at radius 2 is 1.81 bits per heavy atom. The molecule has 0 radical (unpaired) electrons. The van der Waals surface area contributed by atoms with E-state index in [1.807, 2.05) is 12.5 Å². The molecule has 3 heterocycles. The van der Waals surface area contributed by atoms with Crippen molar-refractivity contribution >= 4 is 16.6 Å². The molecule has 0 spiro atoms. The van der Waals surface area contributed by atoms with Crippen LogP contribution in [0.2, 0.25) is 0 Å². The lowest BCUT2D eigenvalue weighted by Crippen LogP contribution is -2.41. The standard InChI is InChI=1S/C26H27FN4O/c1-17(2)31-16-29-25(19-4-7-22(27)8-5-19)26(31)20-6-9-24-21(12-20)13-23(14-28-24)30-10-11-32-18(3)15-30/h4-9,12-14,16-18H,10-11,15H2,1-3H3/t18-/m0/s1. The first kappa shape index (κ1) is 20.6. The quantitative estimate of drug-likeness (QED) is 0.416. The summed E-state index contributed by atoms with van der Waals surface area (Å²) in [5.41, 5.74) is 5.91. The molecule has 32 heavy (non-hydrogen) atoms. The van der Waals surface area contributed by atoms with Crippen molar-refractivity contribution in [3.05, 3.63) is 66.9 Å². The maximum Gasteiger partial charge on any atom is 0.123 e. The molecule has 0 bridgehead atoms. The van der Waals surface area contributed by atoms with Crippen LogP contribution in [0.25, 0.3) is 33.4 Å². The van der Waals surface area contributed by atoms with Gasteiger partial charge >= 0.3 is 0 Å². The molecule has 1 aliphatic rings. The van der Waals surface area contributed by atoms with Crippen LogP contribution >= 0.6 is 0 Å². The number of aromatic nitrogens is 3. The van der Waals surface area contributed by atoms with Gasteiger partial charge in [0.2, 0.25) is 0 Å². The van der Waals surface area contributed by atoms with E-state index in [4.69, 9.17) is 14.7 Å². The Bertz CT molecular complexity index is 1250. The summed E-state index contributed by atoms with van der Waals surface area (Å²) in [6.45, 7) is 8.84. The van der Waals surface area contributed by atoms with Crippen LogP contribution in [-0.4, -0.2) is 40.3 Å². The second kappa shape index (κ2) is 8.36. The average Bonchev–Trinajstić information content (AvgIpc) is 3.24. The molecule has 0 amide bonds. The van der Waals surface area contributed by atoms with Crippen LogP contribution in [-0.2, 0) is 4.74 Å². The molecule has 0 aliphatic carbocycles. The minimum absolute atomic E-state index is 0.212. The van der Waals surface area contributed by atoms with Crippen molar-refractivity contribution in [3.63, 3.8) is 0 Å². The lowest BCUT2D eigenvalue weighted by atomic mass is 10.0. The van der Waals surface area contributed by atoms with Crippen LogP contribution in [0.3, 0.4) is 0 Å². The fraction of sp³-hybridized carbons (Fsp3) is 0.308. The van der Waals surface area contributed by atoms with E-state index in [0.717, 1.165) is 58.8 Å². The summed E-state index contributed by atoms with van der Waals surface area (Å²) in [4.78, 5) is 11.7. The van der Waals surface area contributed by atoms with Crippen molar-refractivity contribution in [2.24, 2.45) is 0 Å². The number of morpholine rings is 1. The maximum absolute atomic E-state index is 13.5. The number of benzene rings is 2. The third-order valence-electron chi connectivity index (χ3n) is 6.01. The van der Waals surface area contributed by atoms with Crippen molar-refractivity contribution in [2.75, 3.05) is 24.6 Å². The first-order valence-corrected chi connectivity index (χ1v) is 11.1. The number of imidazole rings is 1. The highest BCUT2D eigenvalue weighted by Crippen LogP contribution is 2.35. The summed E-state index contributed by atoms with van der Waals surface area (Å²) in [6.07, 6.45) is 4.03. The van der Waals surface area contributed by atoms with Crippen molar-refractivity contribution < 1.29 is 9.13 Å². The summed E-state index contributed by atoms with van der Waals surface area (Å²) < 4.78 is 21.4. The second-order valence-electron chi connectivity index (χ2n) is 8.68. The summed E-state index contributed by atoms with van der Waals surface area (Å²) in [6, 6.07) is 15.3. The zero-order valence-corrected chi connectivity index (χ0v) is 18.6. The van der Waals surface area contributed by atoms with Crippen molar-refractivity contribution in [2.45, 2.75) is 32.9 Å². The van der Waals surface area contributed by atoms with Gasteiger partial charge in [-0.05, 0) is 63.2 Å². The highest BCUT2D eigenvalue weighted by atomic mass is 19.1. The van der Waals surface area contributed by atoms with E-state index in [1.165, 1.54) is 12.1 Å². The minimum atomic E-state index is -0.250. The number of nitrogens with zero attached hydrogens (tertiary/aromatic N) is 4. The van der Waals surface area contributed by atoms with E-state index < -0.39 is 0 Å². The van der Waals surface area contributed by atoms with Crippen LogP contribution in [0, 0.1) is 5.82 Å². The van der Waals surface area contributed by atoms with Crippen molar-refractivity contribution in [1.82, 2.24) is 14.5 Å².